The van der Waals surface area contributed by atoms with Gasteiger partial charge >= 0.3 is 6.18 Å². The van der Waals surface area contributed by atoms with Gasteiger partial charge in [-0.15, -0.1) is 0 Å². The fourth-order valence-electron chi connectivity index (χ4n) is 1.44. The van der Waals surface area contributed by atoms with E-state index in [1.54, 1.807) is 18.2 Å². The molecule has 5 nitrogen and oxygen atoms in total. The van der Waals surface area contributed by atoms with Crippen LogP contribution in [0.15, 0.2) is 30.3 Å². The van der Waals surface area contributed by atoms with E-state index in [1.165, 1.54) is 13.2 Å². The first-order valence-electron chi connectivity index (χ1n) is 5.43. The van der Waals surface area contributed by atoms with Crippen LogP contribution >= 0.6 is 0 Å². The Morgan fingerprint density at radius 3 is 2.35 bits per heavy atom. The van der Waals surface area contributed by atoms with Crippen LogP contribution in [0.4, 0.5) is 19.0 Å². The Kier molecular flexibility index (Phi) is 3.64. The highest BCUT2D eigenvalue weighted by Crippen LogP contribution is 2.33. The van der Waals surface area contributed by atoms with Crippen molar-refractivity contribution in [2.45, 2.75) is 6.18 Å². The van der Waals surface area contributed by atoms with Crippen molar-refractivity contribution in [2.75, 3.05) is 12.8 Å². The quantitative estimate of drug-likeness (QED) is 0.939. The van der Waals surface area contributed by atoms with Crippen LogP contribution in [0.2, 0.25) is 0 Å². The Balaban J connectivity index is 2.36. The van der Waals surface area contributed by atoms with Gasteiger partial charge in [0.25, 0.3) is 0 Å². The van der Waals surface area contributed by atoms with Gasteiger partial charge in [-0.1, -0.05) is 12.1 Å². The summed E-state index contributed by atoms with van der Waals surface area (Å²) in [7, 11) is 1.41. The summed E-state index contributed by atoms with van der Waals surface area (Å²) in [6, 6.07) is 7.57. The number of rotatable bonds is 3. The first-order valence-corrected chi connectivity index (χ1v) is 5.43. The van der Waals surface area contributed by atoms with Crippen LogP contribution in [0.3, 0.4) is 0 Å². The van der Waals surface area contributed by atoms with E-state index in [-0.39, 0.29) is 17.4 Å². The number of nitrogens with zero attached hydrogens (tertiary/aromatic N) is 2. The first kappa shape index (κ1) is 13.9. The van der Waals surface area contributed by atoms with E-state index < -0.39 is 12.0 Å². The summed E-state index contributed by atoms with van der Waals surface area (Å²) in [4.78, 5) is 6.40. The second-order valence-corrected chi connectivity index (χ2v) is 3.71. The molecule has 1 heterocycles. The highest BCUT2D eigenvalue weighted by molar-refractivity contribution is 5.43. The van der Waals surface area contributed by atoms with Gasteiger partial charge in [-0.25, -0.2) is 4.98 Å². The molecule has 0 aliphatic rings. The Morgan fingerprint density at radius 1 is 1.10 bits per heavy atom. The molecule has 0 saturated heterocycles. The second-order valence-electron chi connectivity index (χ2n) is 3.71. The number of nitrogens with two attached hydrogens (primary N) is 1. The van der Waals surface area contributed by atoms with Gasteiger partial charge in [0.15, 0.2) is 11.5 Å². The van der Waals surface area contributed by atoms with Gasteiger partial charge in [-0.05, 0) is 12.1 Å². The van der Waals surface area contributed by atoms with Crippen molar-refractivity contribution in [1.29, 1.82) is 0 Å². The Morgan fingerprint density at radius 2 is 1.75 bits per heavy atom. The van der Waals surface area contributed by atoms with E-state index in [0.29, 0.717) is 5.75 Å². The summed E-state index contributed by atoms with van der Waals surface area (Å²) in [6.45, 7) is 0. The smallest absolute Gasteiger partial charge is 0.451 e. The molecule has 1 aromatic heterocycles. The lowest BCUT2D eigenvalue weighted by Gasteiger charge is -2.11. The molecule has 1 aromatic carbocycles. The maximum atomic E-state index is 12.6. The van der Waals surface area contributed by atoms with Gasteiger partial charge < -0.3 is 15.2 Å². The van der Waals surface area contributed by atoms with E-state index in [1.807, 2.05) is 0 Å². The molecule has 0 radical (unpaired) electrons. The SMILES string of the molecule is COc1ccccc1Oc1cc(N)nc(C(F)(F)F)n1. The summed E-state index contributed by atoms with van der Waals surface area (Å²) in [6.07, 6.45) is -4.70. The Labute approximate surface area is 112 Å². The summed E-state index contributed by atoms with van der Waals surface area (Å²) in [5.41, 5.74) is 5.32. The molecule has 106 valence electrons. The summed E-state index contributed by atoms with van der Waals surface area (Å²) < 4.78 is 48.0. The van der Waals surface area contributed by atoms with Gasteiger partial charge in [0, 0.05) is 6.07 Å². The number of aromatic nitrogens is 2. The van der Waals surface area contributed by atoms with Crippen LogP contribution in [-0.4, -0.2) is 17.1 Å². The van der Waals surface area contributed by atoms with Crippen LogP contribution in [0.5, 0.6) is 17.4 Å². The molecule has 0 unspecified atom stereocenters. The molecule has 0 saturated carbocycles. The molecule has 0 amide bonds. The molecular weight excluding hydrogens is 275 g/mol. The predicted molar refractivity (Wildman–Crippen MR) is 64.5 cm³/mol. The van der Waals surface area contributed by atoms with Gasteiger partial charge in [0.2, 0.25) is 11.7 Å². The van der Waals surface area contributed by atoms with Crippen molar-refractivity contribution in [1.82, 2.24) is 9.97 Å². The molecular formula is C12H10F3N3O2. The maximum absolute atomic E-state index is 12.6. The van der Waals surface area contributed by atoms with Gasteiger partial charge in [-0.2, -0.15) is 18.2 Å². The van der Waals surface area contributed by atoms with Crippen LogP contribution < -0.4 is 15.2 Å². The van der Waals surface area contributed by atoms with Gasteiger partial charge in [0.05, 0.1) is 7.11 Å². The number of benzene rings is 1. The number of anilines is 1. The zero-order valence-electron chi connectivity index (χ0n) is 10.3. The average molecular weight is 285 g/mol. The maximum Gasteiger partial charge on any atom is 0.451 e. The number of methoxy groups -OCH3 is 1. The topological polar surface area (TPSA) is 70.3 Å². The lowest BCUT2D eigenvalue weighted by Crippen LogP contribution is -2.12. The number of nitrogen functional groups attached to an aromatic ring is 1. The van der Waals surface area contributed by atoms with E-state index in [9.17, 15) is 13.2 Å². The molecule has 2 aromatic rings. The minimum absolute atomic E-state index is 0.223. The normalized spacial score (nSPS) is 11.2. The Hall–Kier alpha value is -2.51. The van der Waals surface area contributed by atoms with Crippen LogP contribution in [0.25, 0.3) is 0 Å². The zero-order chi connectivity index (χ0) is 14.8. The molecule has 2 rings (SSSR count). The minimum atomic E-state index is -4.70. The van der Waals surface area contributed by atoms with Crippen molar-refractivity contribution in [3.05, 3.63) is 36.2 Å². The Bertz CT molecular complexity index is 617. The number of hydrogen-bond acceptors (Lipinski definition) is 5. The molecule has 8 heteroatoms. The zero-order valence-corrected chi connectivity index (χ0v) is 10.3. The summed E-state index contributed by atoms with van der Waals surface area (Å²) >= 11 is 0. The van der Waals surface area contributed by atoms with Crippen molar-refractivity contribution < 1.29 is 22.6 Å². The summed E-state index contributed by atoms with van der Waals surface area (Å²) in [5.74, 6) is -1.42. The first-order chi connectivity index (χ1) is 9.40. The molecule has 0 atom stereocenters. The lowest BCUT2D eigenvalue weighted by molar-refractivity contribution is -0.145. The monoisotopic (exact) mass is 285 g/mol. The standard InChI is InChI=1S/C12H10F3N3O2/c1-19-7-4-2-3-5-8(7)20-10-6-9(16)17-11(18-10)12(13,14)15/h2-6H,1H3,(H2,16,17,18). The van der Waals surface area contributed by atoms with Crippen molar-refractivity contribution in [2.24, 2.45) is 0 Å². The average Bonchev–Trinajstić information content (AvgIpc) is 2.37. The van der Waals surface area contributed by atoms with E-state index in [4.69, 9.17) is 15.2 Å². The molecule has 0 bridgehead atoms. The van der Waals surface area contributed by atoms with E-state index in [0.717, 1.165) is 6.07 Å². The lowest BCUT2D eigenvalue weighted by atomic mass is 10.3. The molecule has 20 heavy (non-hydrogen) atoms. The third kappa shape index (κ3) is 3.08. The molecule has 2 N–H and O–H groups in total. The van der Waals surface area contributed by atoms with Crippen molar-refractivity contribution in [3.63, 3.8) is 0 Å². The highest BCUT2D eigenvalue weighted by atomic mass is 19.4. The number of halogens is 3. The number of alkyl halides is 3. The van der Waals surface area contributed by atoms with Gasteiger partial charge in [0.1, 0.15) is 5.82 Å². The van der Waals surface area contributed by atoms with E-state index >= 15 is 0 Å². The molecule has 0 aliphatic carbocycles. The fourth-order valence-corrected chi connectivity index (χ4v) is 1.44. The number of ether oxygens (including phenoxy) is 2. The number of para-hydroxylation sites is 2. The van der Waals surface area contributed by atoms with Crippen LogP contribution in [-0.2, 0) is 6.18 Å². The van der Waals surface area contributed by atoms with Crippen molar-refractivity contribution >= 4 is 5.82 Å². The fraction of sp³-hybridized carbons (Fsp3) is 0.167. The second kappa shape index (κ2) is 5.24. The van der Waals surface area contributed by atoms with Crippen molar-refractivity contribution in [3.8, 4) is 17.4 Å². The molecule has 0 fully saturated rings. The third-order valence-electron chi connectivity index (χ3n) is 2.26. The minimum Gasteiger partial charge on any atom is -0.493 e. The highest BCUT2D eigenvalue weighted by Gasteiger charge is 2.35. The largest absolute Gasteiger partial charge is 0.493 e. The number of hydrogen-bond donors (Lipinski definition) is 1. The molecule has 0 spiro atoms. The van der Waals surface area contributed by atoms with Crippen LogP contribution in [0, 0.1) is 0 Å². The predicted octanol–water partition coefficient (Wildman–Crippen LogP) is 2.88. The van der Waals surface area contributed by atoms with Crippen LogP contribution in [0.1, 0.15) is 5.82 Å². The van der Waals surface area contributed by atoms with Gasteiger partial charge in [-0.3, -0.25) is 0 Å². The molecule has 0 aliphatic heterocycles. The summed E-state index contributed by atoms with van der Waals surface area (Å²) in [5, 5.41) is 0. The third-order valence-corrected chi connectivity index (χ3v) is 2.26. The van der Waals surface area contributed by atoms with E-state index in [2.05, 4.69) is 9.97 Å².